The first-order valence-electron chi connectivity index (χ1n) is 5.83. The maximum Gasteiger partial charge on any atom is 0.371 e. The minimum Gasteiger partial charge on any atom is -0.475 e. The van der Waals surface area contributed by atoms with Crippen molar-refractivity contribution in [1.29, 1.82) is 0 Å². The maximum absolute atomic E-state index is 13.0. The normalized spacial score (nSPS) is 11.4. The second kappa shape index (κ2) is 5.21. The molecule has 0 fully saturated rings. The summed E-state index contributed by atoms with van der Waals surface area (Å²) in [4.78, 5) is 10.5. The van der Waals surface area contributed by atoms with Gasteiger partial charge in [0.25, 0.3) is 10.0 Å². The smallest absolute Gasteiger partial charge is 0.371 e. The van der Waals surface area contributed by atoms with Crippen LogP contribution in [0.2, 0.25) is 0 Å². The molecule has 0 amide bonds. The monoisotopic (exact) mass is 313 g/mol. The van der Waals surface area contributed by atoms with Crippen LogP contribution in [0.15, 0.2) is 33.6 Å². The first-order valence-corrected chi connectivity index (χ1v) is 7.32. The van der Waals surface area contributed by atoms with Gasteiger partial charge in [-0.3, -0.25) is 4.72 Å². The van der Waals surface area contributed by atoms with E-state index in [1.807, 2.05) is 0 Å². The fourth-order valence-corrected chi connectivity index (χ4v) is 3.09. The molecule has 2 N–H and O–H groups in total. The van der Waals surface area contributed by atoms with E-state index in [1.54, 1.807) is 6.92 Å². The van der Waals surface area contributed by atoms with Gasteiger partial charge in [0, 0.05) is 6.07 Å². The van der Waals surface area contributed by atoms with Crippen molar-refractivity contribution < 1.29 is 27.1 Å². The molecule has 1 heterocycles. The van der Waals surface area contributed by atoms with Gasteiger partial charge in [0.15, 0.2) is 0 Å². The number of hydrogen-bond acceptors (Lipinski definition) is 4. The molecule has 0 bridgehead atoms. The highest BCUT2D eigenvalue weighted by atomic mass is 32.2. The fraction of sp³-hybridized carbons (Fsp3) is 0.154. The molecule has 0 aliphatic carbocycles. The summed E-state index contributed by atoms with van der Waals surface area (Å²) in [6.45, 7) is 2.89. The quantitative estimate of drug-likeness (QED) is 0.904. The van der Waals surface area contributed by atoms with Gasteiger partial charge < -0.3 is 9.52 Å². The van der Waals surface area contributed by atoms with Crippen LogP contribution in [0.25, 0.3) is 0 Å². The lowest BCUT2D eigenvalue weighted by Crippen LogP contribution is -2.14. The highest BCUT2D eigenvalue weighted by Gasteiger charge is 2.24. The predicted molar refractivity (Wildman–Crippen MR) is 72.3 cm³/mol. The second-order valence-corrected chi connectivity index (χ2v) is 6.05. The fourth-order valence-electron chi connectivity index (χ4n) is 1.78. The van der Waals surface area contributed by atoms with E-state index in [9.17, 15) is 17.6 Å². The number of halogens is 1. The number of benzene rings is 1. The van der Waals surface area contributed by atoms with Gasteiger partial charge in [0.2, 0.25) is 5.76 Å². The molecular weight excluding hydrogens is 301 g/mol. The van der Waals surface area contributed by atoms with Gasteiger partial charge in [-0.2, -0.15) is 0 Å². The summed E-state index contributed by atoms with van der Waals surface area (Å²) < 4.78 is 44.6. The molecular formula is C13H12FNO5S. The number of aryl methyl sites for hydroxylation is 2. The molecule has 1 aromatic heterocycles. The van der Waals surface area contributed by atoms with Crippen molar-refractivity contribution >= 4 is 21.7 Å². The minimum atomic E-state index is -4.02. The Kier molecular flexibility index (Phi) is 3.73. The summed E-state index contributed by atoms with van der Waals surface area (Å²) in [5.41, 5.74) is 0.604. The molecule has 1 aromatic carbocycles. The van der Waals surface area contributed by atoms with E-state index >= 15 is 0 Å². The third-order valence-electron chi connectivity index (χ3n) is 2.81. The average molecular weight is 313 g/mol. The number of sulfonamides is 1. The Morgan fingerprint density at radius 3 is 2.48 bits per heavy atom. The third-order valence-corrected chi connectivity index (χ3v) is 4.28. The highest BCUT2D eigenvalue weighted by Crippen LogP contribution is 2.24. The molecule has 6 nitrogen and oxygen atoms in total. The number of rotatable bonds is 4. The van der Waals surface area contributed by atoms with Gasteiger partial charge in [-0.15, -0.1) is 0 Å². The van der Waals surface area contributed by atoms with E-state index in [-0.39, 0.29) is 16.3 Å². The average Bonchev–Trinajstić information content (AvgIpc) is 2.76. The first kappa shape index (κ1) is 15.0. The summed E-state index contributed by atoms with van der Waals surface area (Å²) in [7, 11) is -4.02. The Balaban J connectivity index is 2.41. The van der Waals surface area contributed by atoms with Crippen molar-refractivity contribution in [3.63, 3.8) is 0 Å². The Hall–Kier alpha value is -2.35. The van der Waals surface area contributed by atoms with E-state index in [0.29, 0.717) is 5.56 Å². The number of carboxylic acid groups (broad SMARTS) is 1. The third kappa shape index (κ3) is 3.05. The van der Waals surface area contributed by atoms with Crippen LogP contribution in [0.1, 0.15) is 21.9 Å². The molecule has 0 radical (unpaired) electrons. The zero-order valence-electron chi connectivity index (χ0n) is 11.2. The highest BCUT2D eigenvalue weighted by molar-refractivity contribution is 7.92. The Morgan fingerprint density at radius 2 is 1.95 bits per heavy atom. The van der Waals surface area contributed by atoms with Crippen LogP contribution in [0.4, 0.5) is 10.1 Å². The van der Waals surface area contributed by atoms with Gasteiger partial charge in [-0.1, -0.05) is 0 Å². The molecule has 8 heteroatoms. The van der Waals surface area contributed by atoms with Crippen molar-refractivity contribution in [2.45, 2.75) is 18.7 Å². The molecule has 2 aromatic rings. The number of anilines is 1. The van der Waals surface area contributed by atoms with Gasteiger partial charge in [-0.25, -0.2) is 17.6 Å². The van der Waals surface area contributed by atoms with Gasteiger partial charge >= 0.3 is 5.97 Å². The Morgan fingerprint density at radius 1 is 1.29 bits per heavy atom. The summed E-state index contributed by atoms with van der Waals surface area (Å²) >= 11 is 0. The van der Waals surface area contributed by atoms with Crippen molar-refractivity contribution in [3.05, 3.63) is 47.2 Å². The van der Waals surface area contributed by atoms with E-state index in [1.165, 1.54) is 19.1 Å². The van der Waals surface area contributed by atoms with Crippen LogP contribution in [-0.2, 0) is 10.0 Å². The maximum atomic E-state index is 13.0. The summed E-state index contributed by atoms with van der Waals surface area (Å²) in [5.74, 6) is -2.36. The lowest BCUT2D eigenvalue weighted by Gasteiger charge is -2.09. The number of carbonyl (C=O) groups is 1. The van der Waals surface area contributed by atoms with Crippen molar-refractivity contribution in [3.8, 4) is 0 Å². The zero-order chi connectivity index (χ0) is 15.8. The SMILES string of the molecule is Cc1cc(F)ccc1NS(=O)(=O)c1cc(C(=O)O)oc1C. The number of aromatic carboxylic acids is 1. The Bertz CT molecular complexity index is 810. The van der Waals surface area contributed by atoms with E-state index < -0.39 is 27.6 Å². The van der Waals surface area contributed by atoms with Crippen LogP contribution in [0, 0.1) is 19.7 Å². The largest absolute Gasteiger partial charge is 0.475 e. The zero-order valence-corrected chi connectivity index (χ0v) is 12.0. The summed E-state index contributed by atoms with van der Waals surface area (Å²) in [6, 6.07) is 4.52. The molecule has 21 heavy (non-hydrogen) atoms. The molecule has 0 saturated heterocycles. The van der Waals surface area contributed by atoms with Crippen LogP contribution < -0.4 is 4.72 Å². The molecule has 2 rings (SSSR count). The molecule has 0 aliphatic rings. The predicted octanol–water partition coefficient (Wildman–Crippen LogP) is 2.53. The van der Waals surface area contributed by atoms with Crippen molar-refractivity contribution in [1.82, 2.24) is 0 Å². The van der Waals surface area contributed by atoms with Gasteiger partial charge in [0.05, 0.1) is 5.69 Å². The van der Waals surface area contributed by atoms with Gasteiger partial charge in [0.1, 0.15) is 16.5 Å². The molecule has 0 saturated carbocycles. The van der Waals surface area contributed by atoms with E-state index in [2.05, 4.69) is 4.72 Å². The summed E-state index contributed by atoms with van der Waals surface area (Å²) in [6.07, 6.45) is 0. The van der Waals surface area contributed by atoms with Crippen LogP contribution in [-0.4, -0.2) is 19.5 Å². The number of furan rings is 1. The standard InChI is InChI=1S/C13H12FNO5S/c1-7-5-9(14)3-4-10(7)15-21(18,19)12-6-11(13(16)17)20-8(12)2/h3-6,15H,1-2H3,(H,16,17). The molecule has 0 atom stereocenters. The van der Waals surface area contributed by atoms with E-state index in [0.717, 1.165) is 12.1 Å². The van der Waals surface area contributed by atoms with E-state index in [4.69, 9.17) is 9.52 Å². The van der Waals surface area contributed by atoms with Crippen LogP contribution >= 0.6 is 0 Å². The first-order chi connectivity index (χ1) is 9.70. The topological polar surface area (TPSA) is 96.6 Å². The molecule has 0 spiro atoms. The summed E-state index contributed by atoms with van der Waals surface area (Å²) in [5, 5.41) is 8.80. The molecule has 0 aliphatic heterocycles. The molecule has 112 valence electrons. The van der Waals surface area contributed by atoms with Crippen molar-refractivity contribution in [2.24, 2.45) is 0 Å². The minimum absolute atomic E-state index is 0.0420. The number of hydrogen-bond donors (Lipinski definition) is 2. The van der Waals surface area contributed by atoms with Crippen LogP contribution in [0.3, 0.4) is 0 Å². The number of nitrogens with one attached hydrogen (secondary N) is 1. The van der Waals surface area contributed by atoms with Crippen molar-refractivity contribution in [2.75, 3.05) is 4.72 Å². The molecule has 0 unspecified atom stereocenters. The Labute approximate surface area is 120 Å². The number of carboxylic acids is 1. The lowest BCUT2D eigenvalue weighted by atomic mass is 10.2. The van der Waals surface area contributed by atoms with Crippen LogP contribution in [0.5, 0.6) is 0 Å². The van der Waals surface area contributed by atoms with Gasteiger partial charge in [-0.05, 0) is 37.6 Å². The second-order valence-electron chi connectivity index (χ2n) is 4.40. The lowest BCUT2D eigenvalue weighted by molar-refractivity contribution is 0.0661.